The molecule has 1 saturated heterocycles. The maximum atomic E-state index is 12.3. The molecule has 16 heavy (non-hydrogen) atoms. The summed E-state index contributed by atoms with van der Waals surface area (Å²) >= 11 is 0. The van der Waals surface area contributed by atoms with Crippen LogP contribution in [-0.4, -0.2) is 56.5 Å². The summed E-state index contributed by atoms with van der Waals surface area (Å²) in [6.45, 7) is 3.71. The Bertz CT molecular complexity index is 199. The first-order chi connectivity index (χ1) is 7.53. The van der Waals surface area contributed by atoms with Crippen LogP contribution in [0.25, 0.3) is 0 Å². The van der Waals surface area contributed by atoms with E-state index >= 15 is 0 Å². The Balaban J connectivity index is 2.37. The second-order valence-electron chi connectivity index (χ2n) is 4.02. The molecule has 1 atom stereocenters. The Labute approximate surface area is 93.9 Å². The molecule has 1 N–H and O–H groups in total. The molecule has 1 heterocycles. The molecule has 0 radical (unpaired) electrons. The molecule has 0 aliphatic carbocycles. The summed E-state index contributed by atoms with van der Waals surface area (Å²) in [7, 11) is 0. The molecule has 0 spiro atoms. The van der Waals surface area contributed by atoms with E-state index in [1.807, 2.05) is 6.92 Å². The normalized spacial score (nSPS) is 23.6. The summed E-state index contributed by atoms with van der Waals surface area (Å²) < 4.78 is 42.1. The molecule has 96 valence electrons. The number of ether oxygens (including phenoxy) is 1. The average molecular weight is 240 g/mol. The lowest BCUT2D eigenvalue weighted by Gasteiger charge is -2.36. The van der Waals surface area contributed by atoms with Gasteiger partial charge >= 0.3 is 6.18 Å². The van der Waals surface area contributed by atoms with Crippen molar-refractivity contribution >= 4 is 0 Å². The van der Waals surface area contributed by atoms with Gasteiger partial charge in [-0.25, -0.2) is 0 Å². The molecule has 0 aromatic heterocycles. The first-order valence-corrected chi connectivity index (χ1v) is 5.62. The number of hydrogen-bond acceptors (Lipinski definition) is 3. The Morgan fingerprint density at radius 1 is 1.44 bits per heavy atom. The third-order valence-electron chi connectivity index (χ3n) is 2.54. The third kappa shape index (κ3) is 5.14. The van der Waals surface area contributed by atoms with E-state index in [9.17, 15) is 13.2 Å². The van der Waals surface area contributed by atoms with Crippen LogP contribution in [0.15, 0.2) is 0 Å². The number of rotatable bonds is 5. The summed E-state index contributed by atoms with van der Waals surface area (Å²) in [4.78, 5) is 1.45. The molecule has 3 nitrogen and oxygen atoms in total. The van der Waals surface area contributed by atoms with Gasteiger partial charge in [0.25, 0.3) is 0 Å². The van der Waals surface area contributed by atoms with Crippen molar-refractivity contribution in [3.8, 4) is 0 Å². The number of nitrogens with one attached hydrogen (secondary N) is 1. The second kappa shape index (κ2) is 6.42. The summed E-state index contributed by atoms with van der Waals surface area (Å²) in [5, 5.41) is 3.13. The molecular weight excluding hydrogens is 221 g/mol. The molecule has 1 aliphatic heterocycles. The van der Waals surface area contributed by atoms with Crippen LogP contribution in [0, 0.1) is 0 Å². The molecule has 1 unspecified atom stereocenters. The van der Waals surface area contributed by atoms with Gasteiger partial charge in [0.1, 0.15) is 0 Å². The number of hydrogen-bond donors (Lipinski definition) is 1. The van der Waals surface area contributed by atoms with Gasteiger partial charge in [-0.15, -0.1) is 0 Å². The van der Waals surface area contributed by atoms with Crippen LogP contribution in [0.3, 0.4) is 0 Å². The van der Waals surface area contributed by atoms with Crippen molar-refractivity contribution in [3.05, 3.63) is 0 Å². The van der Waals surface area contributed by atoms with Crippen LogP contribution in [0.2, 0.25) is 0 Å². The fraction of sp³-hybridized carbons (Fsp3) is 1.00. The molecule has 0 bridgehead atoms. The summed E-state index contributed by atoms with van der Waals surface area (Å²) in [5.41, 5.74) is 0. The number of morpholine rings is 1. The van der Waals surface area contributed by atoms with Gasteiger partial charge in [0.05, 0.1) is 19.8 Å². The highest BCUT2D eigenvalue weighted by molar-refractivity contribution is 4.79. The van der Waals surface area contributed by atoms with Crippen molar-refractivity contribution in [1.29, 1.82) is 0 Å². The number of alkyl halides is 3. The van der Waals surface area contributed by atoms with Gasteiger partial charge in [-0.2, -0.15) is 13.2 Å². The van der Waals surface area contributed by atoms with Crippen molar-refractivity contribution in [1.82, 2.24) is 10.2 Å². The summed E-state index contributed by atoms with van der Waals surface area (Å²) in [6, 6.07) is -0.165. The summed E-state index contributed by atoms with van der Waals surface area (Å²) in [5.74, 6) is 0. The van der Waals surface area contributed by atoms with Crippen LogP contribution < -0.4 is 5.32 Å². The lowest BCUT2D eigenvalue weighted by Crippen LogP contribution is -2.53. The number of nitrogens with zero attached hydrogens (tertiary/aromatic N) is 1. The maximum absolute atomic E-state index is 12.3. The molecule has 0 aromatic carbocycles. The molecule has 1 rings (SSSR count). The van der Waals surface area contributed by atoms with Crippen LogP contribution in [-0.2, 0) is 4.74 Å². The van der Waals surface area contributed by atoms with E-state index in [-0.39, 0.29) is 6.04 Å². The quantitative estimate of drug-likeness (QED) is 0.732. The first-order valence-electron chi connectivity index (χ1n) is 5.62. The molecule has 0 saturated carbocycles. The molecule has 1 fully saturated rings. The lowest BCUT2D eigenvalue weighted by molar-refractivity contribution is -0.161. The van der Waals surface area contributed by atoms with Gasteiger partial charge in [-0.1, -0.05) is 6.92 Å². The van der Waals surface area contributed by atoms with E-state index in [0.717, 1.165) is 13.0 Å². The van der Waals surface area contributed by atoms with Crippen molar-refractivity contribution in [3.63, 3.8) is 0 Å². The predicted molar refractivity (Wildman–Crippen MR) is 55.4 cm³/mol. The van der Waals surface area contributed by atoms with E-state index < -0.39 is 12.7 Å². The monoisotopic (exact) mass is 240 g/mol. The zero-order valence-corrected chi connectivity index (χ0v) is 9.52. The Kier molecular flexibility index (Phi) is 5.51. The van der Waals surface area contributed by atoms with Crippen molar-refractivity contribution < 1.29 is 17.9 Å². The highest BCUT2D eigenvalue weighted by atomic mass is 19.4. The topological polar surface area (TPSA) is 24.5 Å². The maximum Gasteiger partial charge on any atom is 0.401 e. The standard InChI is InChI=1S/C10H19F3N2O/c1-2-3-14-6-9-7-16-5-4-15(9)8-10(11,12)13/h9,14H,2-8H2,1H3. The van der Waals surface area contributed by atoms with Gasteiger partial charge < -0.3 is 10.1 Å². The first kappa shape index (κ1) is 13.7. The highest BCUT2D eigenvalue weighted by Crippen LogP contribution is 2.19. The fourth-order valence-electron chi connectivity index (χ4n) is 1.76. The Morgan fingerprint density at radius 3 is 2.81 bits per heavy atom. The van der Waals surface area contributed by atoms with Crippen LogP contribution >= 0.6 is 0 Å². The molecular formula is C10H19F3N2O. The van der Waals surface area contributed by atoms with Gasteiger partial charge in [-0.05, 0) is 13.0 Å². The minimum absolute atomic E-state index is 0.165. The van der Waals surface area contributed by atoms with E-state index in [2.05, 4.69) is 5.32 Å². The zero-order valence-electron chi connectivity index (χ0n) is 9.52. The van der Waals surface area contributed by atoms with E-state index in [1.165, 1.54) is 4.90 Å². The predicted octanol–water partition coefficient (Wildman–Crippen LogP) is 1.25. The Hall–Kier alpha value is -0.330. The largest absolute Gasteiger partial charge is 0.401 e. The van der Waals surface area contributed by atoms with E-state index in [0.29, 0.717) is 26.3 Å². The average Bonchev–Trinajstić information content (AvgIpc) is 2.19. The van der Waals surface area contributed by atoms with Gasteiger partial charge in [0, 0.05) is 19.1 Å². The smallest absolute Gasteiger partial charge is 0.378 e. The minimum atomic E-state index is -4.12. The van der Waals surface area contributed by atoms with Crippen LogP contribution in [0.4, 0.5) is 13.2 Å². The van der Waals surface area contributed by atoms with Gasteiger partial charge in [-0.3, -0.25) is 4.90 Å². The van der Waals surface area contributed by atoms with E-state index in [1.54, 1.807) is 0 Å². The van der Waals surface area contributed by atoms with Crippen molar-refractivity contribution in [2.24, 2.45) is 0 Å². The van der Waals surface area contributed by atoms with Gasteiger partial charge in [0.15, 0.2) is 0 Å². The lowest BCUT2D eigenvalue weighted by atomic mass is 10.2. The SMILES string of the molecule is CCCNCC1COCCN1CC(F)(F)F. The minimum Gasteiger partial charge on any atom is -0.378 e. The summed E-state index contributed by atoms with van der Waals surface area (Å²) in [6.07, 6.45) is -3.15. The highest BCUT2D eigenvalue weighted by Gasteiger charge is 2.35. The fourth-order valence-corrected chi connectivity index (χ4v) is 1.76. The molecule has 1 aliphatic rings. The van der Waals surface area contributed by atoms with E-state index in [4.69, 9.17) is 4.74 Å². The second-order valence-corrected chi connectivity index (χ2v) is 4.02. The Morgan fingerprint density at radius 2 is 2.19 bits per heavy atom. The van der Waals surface area contributed by atoms with Crippen molar-refractivity contribution in [2.45, 2.75) is 25.6 Å². The zero-order chi connectivity index (χ0) is 12.0. The van der Waals surface area contributed by atoms with Crippen molar-refractivity contribution in [2.75, 3.05) is 39.4 Å². The third-order valence-corrected chi connectivity index (χ3v) is 2.54. The van der Waals surface area contributed by atoms with Gasteiger partial charge in [0.2, 0.25) is 0 Å². The van der Waals surface area contributed by atoms with Crippen LogP contribution in [0.1, 0.15) is 13.3 Å². The molecule has 0 aromatic rings. The molecule has 0 amide bonds. The van der Waals surface area contributed by atoms with Crippen LogP contribution in [0.5, 0.6) is 0 Å². The molecule has 6 heteroatoms. The number of halogens is 3.